The number of esters is 1. The molecule has 200 valence electrons. The van der Waals surface area contributed by atoms with Crippen LogP contribution in [0.15, 0.2) is 72.8 Å². The van der Waals surface area contributed by atoms with Crippen LogP contribution >= 0.6 is 0 Å². The number of halogens is 3. The minimum absolute atomic E-state index is 0.0117. The standard InChI is InChI=1S/C29H25F3N4O3/c1-2-39-29(38)26-18-27(36(33-26)25-5-3-4-21(30)17-25)19-6-8-24(9-7-19)34-10-12-35(13-11-34)28(37)20-14-22(31)16-23(32)15-20/h3-9,14-18H,2,10-13H2,1H3. The molecule has 1 fully saturated rings. The Balaban J connectivity index is 1.33. The maximum Gasteiger partial charge on any atom is 0.358 e. The van der Waals surface area contributed by atoms with Gasteiger partial charge in [0.25, 0.3) is 5.91 Å². The first-order valence-corrected chi connectivity index (χ1v) is 12.5. The van der Waals surface area contributed by atoms with Gasteiger partial charge in [-0.25, -0.2) is 22.6 Å². The number of amides is 1. The van der Waals surface area contributed by atoms with E-state index in [0.717, 1.165) is 29.4 Å². The van der Waals surface area contributed by atoms with E-state index in [-0.39, 0.29) is 17.9 Å². The molecule has 0 saturated carbocycles. The van der Waals surface area contributed by atoms with Crippen molar-refractivity contribution in [3.63, 3.8) is 0 Å². The molecular formula is C29H25F3N4O3. The Labute approximate surface area is 223 Å². The van der Waals surface area contributed by atoms with Crippen molar-refractivity contribution < 1.29 is 27.5 Å². The van der Waals surface area contributed by atoms with Gasteiger partial charge in [0, 0.05) is 49.1 Å². The van der Waals surface area contributed by atoms with Crippen LogP contribution in [-0.4, -0.2) is 59.3 Å². The average molecular weight is 535 g/mol. The minimum atomic E-state index is -0.787. The molecule has 1 saturated heterocycles. The van der Waals surface area contributed by atoms with Gasteiger partial charge in [-0.1, -0.05) is 18.2 Å². The van der Waals surface area contributed by atoms with Crippen LogP contribution in [0.3, 0.4) is 0 Å². The van der Waals surface area contributed by atoms with Crippen molar-refractivity contribution in [2.75, 3.05) is 37.7 Å². The van der Waals surface area contributed by atoms with E-state index < -0.39 is 29.3 Å². The molecule has 7 nitrogen and oxygen atoms in total. The molecule has 1 aliphatic rings. The van der Waals surface area contributed by atoms with Crippen LogP contribution in [0.4, 0.5) is 18.9 Å². The molecule has 1 aromatic heterocycles. The zero-order chi connectivity index (χ0) is 27.5. The first kappa shape index (κ1) is 26.0. The number of nitrogens with zero attached hydrogens (tertiary/aromatic N) is 4. The Morgan fingerprint density at radius 3 is 2.15 bits per heavy atom. The number of benzene rings is 3. The molecule has 0 unspecified atom stereocenters. The number of hydrogen-bond acceptors (Lipinski definition) is 5. The van der Waals surface area contributed by atoms with Crippen LogP contribution in [0.1, 0.15) is 27.8 Å². The molecule has 4 aromatic rings. The van der Waals surface area contributed by atoms with Crippen molar-refractivity contribution >= 4 is 17.6 Å². The molecule has 2 heterocycles. The third-order valence-corrected chi connectivity index (χ3v) is 6.45. The van der Waals surface area contributed by atoms with Crippen molar-refractivity contribution in [1.29, 1.82) is 0 Å². The molecular weight excluding hydrogens is 509 g/mol. The summed E-state index contributed by atoms with van der Waals surface area (Å²) in [6, 6.07) is 17.9. The van der Waals surface area contributed by atoms with Gasteiger partial charge in [-0.05, 0) is 55.5 Å². The summed E-state index contributed by atoms with van der Waals surface area (Å²) in [7, 11) is 0. The van der Waals surface area contributed by atoms with Crippen molar-refractivity contribution in [1.82, 2.24) is 14.7 Å². The maximum atomic E-state index is 13.9. The largest absolute Gasteiger partial charge is 0.461 e. The van der Waals surface area contributed by atoms with E-state index in [1.807, 2.05) is 24.3 Å². The monoisotopic (exact) mass is 534 g/mol. The topological polar surface area (TPSA) is 67.7 Å². The minimum Gasteiger partial charge on any atom is -0.461 e. The molecule has 5 rings (SSSR count). The number of piperazine rings is 1. The van der Waals surface area contributed by atoms with Crippen LogP contribution in [0.2, 0.25) is 0 Å². The van der Waals surface area contributed by atoms with Gasteiger partial charge in [-0.2, -0.15) is 5.10 Å². The van der Waals surface area contributed by atoms with E-state index in [1.54, 1.807) is 30.0 Å². The van der Waals surface area contributed by atoms with Crippen molar-refractivity contribution in [3.05, 3.63) is 102 Å². The molecule has 39 heavy (non-hydrogen) atoms. The smallest absolute Gasteiger partial charge is 0.358 e. The van der Waals surface area contributed by atoms with Gasteiger partial charge in [-0.15, -0.1) is 0 Å². The van der Waals surface area contributed by atoms with E-state index in [9.17, 15) is 22.8 Å². The van der Waals surface area contributed by atoms with Gasteiger partial charge >= 0.3 is 5.97 Å². The summed E-state index contributed by atoms with van der Waals surface area (Å²) in [5, 5.41) is 4.37. The highest BCUT2D eigenvalue weighted by Gasteiger charge is 2.24. The van der Waals surface area contributed by atoms with Gasteiger partial charge < -0.3 is 14.5 Å². The van der Waals surface area contributed by atoms with Crippen molar-refractivity contribution in [2.45, 2.75) is 6.92 Å². The lowest BCUT2D eigenvalue weighted by Gasteiger charge is -2.36. The SMILES string of the molecule is CCOC(=O)c1cc(-c2ccc(N3CCN(C(=O)c4cc(F)cc(F)c4)CC3)cc2)n(-c2cccc(F)c2)n1. The normalized spacial score (nSPS) is 13.4. The van der Waals surface area contributed by atoms with Gasteiger partial charge in [-0.3, -0.25) is 4.79 Å². The second kappa shape index (κ2) is 11.0. The first-order valence-electron chi connectivity index (χ1n) is 12.5. The quantitative estimate of drug-likeness (QED) is 0.322. The molecule has 1 amide bonds. The van der Waals surface area contributed by atoms with E-state index in [4.69, 9.17) is 4.74 Å². The second-order valence-corrected chi connectivity index (χ2v) is 9.01. The van der Waals surface area contributed by atoms with Gasteiger partial charge in [0.2, 0.25) is 0 Å². The molecule has 0 radical (unpaired) electrons. The number of hydrogen-bond donors (Lipinski definition) is 0. The molecule has 10 heteroatoms. The molecule has 0 atom stereocenters. The van der Waals surface area contributed by atoms with E-state index >= 15 is 0 Å². The van der Waals surface area contributed by atoms with Gasteiger partial charge in [0.15, 0.2) is 5.69 Å². The second-order valence-electron chi connectivity index (χ2n) is 9.01. The molecule has 0 spiro atoms. The maximum absolute atomic E-state index is 13.9. The van der Waals surface area contributed by atoms with Crippen LogP contribution < -0.4 is 4.90 Å². The highest BCUT2D eigenvalue weighted by atomic mass is 19.1. The summed E-state index contributed by atoms with van der Waals surface area (Å²) in [6.07, 6.45) is 0. The summed E-state index contributed by atoms with van der Waals surface area (Å²) in [5.74, 6) is -2.98. The highest BCUT2D eigenvalue weighted by molar-refractivity contribution is 5.94. The van der Waals surface area contributed by atoms with Crippen LogP contribution in [0.5, 0.6) is 0 Å². The molecule has 3 aromatic carbocycles. The summed E-state index contributed by atoms with van der Waals surface area (Å²) < 4.78 is 47.6. The number of rotatable bonds is 6. The Hall–Kier alpha value is -4.60. The van der Waals surface area contributed by atoms with E-state index in [1.165, 1.54) is 16.8 Å². The predicted octanol–water partition coefficient (Wildman–Crippen LogP) is 5.10. The fourth-order valence-electron chi connectivity index (χ4n) is 4.57. The summed E-state index contributed by atoms with van der Waals surface area (Å²) in [4.78, 5) is 28.8. The number of aromatic nitrogens is 2. The fourth-order valence-corrected chi connectivity index (χ4v) is 4.57. The molecule has 0 N–H and O–H groups in total. The lowest BCUT2D eigenvalue weighted by molar-refractivity contribution is 0.0518. The predicted molar refractivity (Wildman–Crippen MR) is 139 cm³/mol. The summed E-state index contributed by atoms with van der Waals surface area (Å²) >= 11 is 0. The number of carbonyl (C=O) groups is 2. The lowest BCUT2D eigenvalue weighted by atomic mass is 10.1. The van der Waals surface area contributed by atoms with E-state index in [2.05, 4.69) is 10.00 Å². The lowest BCUT2D eigenvalue weighted by Crippen LogP contribution is -2.48. The Morgan fingerprint density at radius 2 is 1.51 bits per heavy atom. The zero-order valence-electron chi connectivity index (χ0n) is 21.1. The third kappa shape index (κ3) is 5.64. The van der Waals surface area contributed by atoms with Crippen LogP contribution in [-0.2, 0) is 4.74 Å². The van der Waals surface area contributed by atoms with Gasteiger partial charge in [0.05, 0.1) is 18.0 Å². The molecule has 0 aliphatic carbocycles. The van der Waals surface area contributed by atoms with Crippen LogP contribution in [0.25, 0.3) is 16.9 Å². The van der Waals surface area contributed by atoms with Gasteiger partial charge in [0.1, 0.15) is 17.5 Å². The van der Waals surface area contributed by atoms with Crippen LogP contribution in [0, 0.1) is 17.5 Å². The average Bonchev–Trinajstić information content (AvgIpc) is 3.38. The Kier molecular flexibility index (Phi) is 7.36. The number of ether oxygens (including phenoxy) is 1. The number of carbonyl (C=O) groups excluding carboxylic acids is 2. The molecule has 1 aliphatic heterocycles. The van der Waals surface area contributed by atoms with Crippen molar-refractivity contribution in [2.24, 2.45) is 0 Å². The Bertz CT molecular complexity index is 1490. The fraction of sp³-hybridized carbons (Fsp3) is 0.207. The highest BCUT2D eigenvalue weighted by Crippen LogP contribution is 2.28. The summed E-state index contributed by atoms with van der Waals surface area (Å²) in [5.41, 5.74) is 2.83. The number of anilines is 1. The first-order chi connectivity index (χ1) is 18.8. The zero-order valence-corrected chi connectivity index (χ0v) is 21.1. The third-order valence-electron chi connectivity index (χ3n) is 6.45. The van der Waals surface area contributed by atoms with E-state index in [0.29, 0.717) is 37.6 Å². The summed E-state index contributed by atoms with van der Waals surface area (Å²) in [6.45, 7) is 3.78. The van der Waals surface area contributed by atoms with Crippen molar-refractivity contribution in [3.8, 4) is 16.9 Å². The molecule has 0 bridgehead atoms. The Morgan fingerprint density at radius 1 is 0.821 bits per heavy atom.